The minimum Gasteiger partial charge on any atom is -0.0996 e. The van der Waals surface area contributed by atoms with Crippen molar-refractivity contribution < 1.29 is 0 Å². The van der Waals surface area contributed by atoms with Crippen molar-refractivity contribution in [2.75, 3.05) is 0 Å². The molecule has 0 heterocycles. The predicted molar refractivity (Wildman–Crippen MR) is 56.7 cm³/mol. The number of hydrogen-bond acceptors (Lipinski definition) is 0. The molecule has 2 rings (SSSR count). The summed E-state index contributed by atoms with van der Waals surface area (Å²) in [6.45, 7) is 8.52. The van der Waals surface area contributed by atoms with E-state index in [1.807, 2.05) is 0 Å². The van der Waals surface area contributed by atoms with E-state index in [1.165, 1.54) is 17.6 Å². The third-order valence-electron chi connectivity index (χ3n) is 3.41. The Kier molecular flexibility index (Phi) is 1.80. The normalized spacial score (nSPS) is 31.4. The van der Waals surface area contributed by atoms with Crippen molar-refractivity contribution in [3.05, 3.63) is 48.0 Å². The lowest BCUT2D eigenvalue weighted by atomic mass is 9.95. The van der Waals surface area contributed by atoms with Gasteiger partial charge in [-0.2, -0.15) is 0 Å². The summed E-state index contributed by atoms with van der Waals surface area (Å²) < 4.78 is 0. The van der Waals surface area contributed by atoms with Gasteiger partial charge in [0, 0.05) is 0 Å². The Balaban J connectivity index is 2.21. The molecule has 1 aliphatic rings. The van der Waals surface area contributed by atoms with Gasteiger partial charge in [0.15, 0.2) is 0 Å². The van der Waals surface area contributed by atoms with Gasteiger partial charge in [-0.25, -0.2) is 0 Å². The average Bonchev–Trinajstić information content (AvgIpc) is 2.81. The number of hydrogen-bond donors (Lipinski definition) is 0. The molecule has 0 aliphatic heterocycles. The molecule has 1 fully saturated rings. The lowest BCUT2D eigenvalue weighted by Gasteiger charge is -2.10. The highest BCUT2D eigenvalue weighted by Crippen LogP contribution is 2.62. The quantitative estimate of drug-likeness (QED) is 0.596. The number of allylic oxidation sites excluding steroid dienone is 1. The zero-order valence-electron chi connectivity index (χ0n) is 8.38. The fraction of sp³-hybridized carbons (Fsp3) is 0.385. The Morgan fingerprint density at radius 1 is 1.38 bits per heavy atom. The zero-order valence-corrected chi connectivity index (χ0v) is 8.38. The minimum absolute atomic E-state index is 0.376. The highest BCUT2D eigenvalue weighted by Gasteiger charge is 2.50. The van der Waals surface area contributed by atoms with Gasteiger partial charge in [-0.1, -0.05) is 49.4 Å². The van der Waals surface area contributed by atoms with Gasteiger partial charge >= 0.3 is 0 Å². The highest BCUT2D eigenvalue weighted by molar-refractivity contribution is 5.35. The van der Waals surface area contributed by atoms with Crippen LogP contribution in [0.2, 0.25) is 0 Å². The van der Waals surface area contributed by atoms with Gasteiger partial charge in [0.05, 0.1) is 0 Å². The Bertz CT molecular complexity index is 323. The van der Waals surface area contributed by atoms with Crippen LogP contribution < -0.4 is 0 Å². The first kappa shape index (κ1) is 8.55. The van der Waals surface area contributed by atoms with Crippen molar-refractivity contribution in [3.63, 3.8) is 0 Å². The first-order valence-electron chi connectivity index (χ1n) is 4.85. The first-order chi connectivity index (χ1) is 6.14. The van der Waals surface area contributed by atoms with Gasteiger partial charge in [0.1, 0.15) is 0 Å². The Hall–Kier alpha value is -1.04. The summed E-state index contributed by atoms with van der Waals surface area (Å²) in [5, 5.41) is 0. The van der Waals surface area contributed by atoms with Crippen LogP contribution in [0.25, 0.3) is 0 Å². The van der Waals surface area contributed by atoms with E-state index in [4.69, 9.17) is 0 Å². The molecule has 1 aromatic carbocycles. The van der Waals surface area contributed by atoms with Gasteiger partial charge in [-0.05, 0) is 30.2 Å². The third-order valence-corrected chi connectivity index (χ3v) is 3.41. The monoisotopic (exact) mass is 172 g/mol. The summed E-state index contributed by atoms with van der Waals surface area (Å²) in [7, 11) is 0. The van der Waals surface area contributed by atoms with Crippen LogP contribution in [-0.4, -0.2) is 0 Å². The van der Waals surface area contributed by atoms with Crippen molar-refractivity contribution in [2.45, 2.75) is 26.2 Å². The van der Waals surface area contributed by atoms with E-state index in [9.17, 15) is 0 Å². The largest absolute Gasteiger partial charge is 0.0996 e. The summed E-state index contributed by atoms with van der Waals surface area (Å²) in [6.07, 6.45) is 1.27. The molecule has 0 nitrogen and oxygen atoms in total. The molecule has 0 heteroatoms. The molecule has 0 bridgehead atoms. The van der Waals surface area contributed by atoms with Crippen LogP contribution in [0.5, 0.6) is 0 Å². The van der Waals surface area contributed by atoms with Gasteiger partial charge in [-0.15, -0.1) is 0 Å². The molecule has 0 saturated heterocycles. The summed E-state index contributed by atoms with van der Waals surface area (Å²) in [6, 6.07) is 10.8. The van der Waals surface area contributed by atoms with E-state index in [0.717, 1.165) is 0 Å². The molecule has 1 aliphatic carbocycles. The summed E-state index contributed by atoms with van der Waals surface area (Å²) in [5.41, 5.74) is 3.16. The maximum Gasteiger partial charge on any atom is -0.00468 e. The van der Waals surface area contributed by atoms with E-state index in [1.54, 1.807) is 0 Å². The van der Waals surface area contributed by atoms with E-state index in [-0.39, 0.29) is 0 Å². The van der Waals surface area contributed by atoms with Gasteiger partial charge in [0.25, 0.3) is 0 Å². The topological polar surface area (TPSA) is 0 Å². The smallest absolute Gasteiger partial charge is 0.00468 e. The molecule has 0 N–H and O–H groups in total. The summed E-state index contributed by atoms with van der Waals surface area (Å²) in [4.78, 5) is 0. The average molecular weight is 172 g/mol. The van der Waals surface area contributed by atoms with E-state index < -0.39 is 0 Å². The van der Waals surface area contributed by atoms with Crippen molar-refractivity contribution in [1.29, 1.82) is 0 Å². The summed E-state index contributed by atoms with van der Waals surface area (Å²) >= 11 is 0. The molecule has 0 aromatic heterocycles. The first-order valence-corrected chi connectivity index (χ1v) is 4.85. The molecule has 1 saturated carbocycles. The molecule has 68 valence electrons. The molecular weight excluding hydrogens is 156 g/mol. The van der Waals surface area contributed by atoms with Crippen molar-refractivity contribution in [2.24, 2.45) is 5.41 Å². The third kappa shape index (κ3) is 1.31. The van der Waals surface area contributed by atoms with Crippen LogP contribution in [0.1, 0.15) is 31.7 Å². The highest BCUT2D eigenvalue weighted by atomic mass is 14.5. The van der Waals surface area contributed by atoms with Crippen molar-refractivity contribution in [3.8, 4) is 0 Å². The van der Waals surface area contributed by atoms with Gasteiger partial charge in [0.2, 0.25) is 0 Å². The maximum absolute atomic E-state index is 4.06. The lowest BCUT2D eigenvalue weighted by Crippen LogP contribution is -1.97. The molecule has 0 unspecified atom stereocenters. The standard InChI is InChI=1S/C13H16/c1-10(2)13(3)9-12(13)11-7-5-4-6-8-11/h4-8,12H,1,9H2,2-3H3/t12-,13-/m0/s1. The Labute approximate surface area is 80.3 Å². The van der Waals surface area contributed by atoms with Gasteiger partial charge < -0.3 is 0 Å². The Morgan fingerprint density at radius 2 is 2.00 bits per heavy atom. The number of benzene rings is 1. The maximum atomic E-state index is 4.06. The second-order valence-electron chi connectivity index (χ2n) is 4.37. The van der Waals surface area contributed by atoms with Crippen LogP contribution in [0.3, 0.4) is 0 Å². The molecule has 0 radical (unpaired) electrons. The molecule has 1 aromatic rings. The predicted octanol–water partition coefficient (Wildman–Crippen LogP) is 3.76. The summed E-state index contributed by atoms with van der Waals surface area (Å²) in [5.74, 6) is 0.714. The lowest BCUT2D eigenvalue weighted by molar-refractivity contribution is 0.660. The number of rotatable bonds is 2. The van der Waals surface area contributed by atoms with Gasteiger partial charge in [-0.3, -0.25) is 0 Å². The Morgan fingerprint density at radius 3 is 2.46 bits per heavy atom. The van der Waals surface area contributed by atoms with Crippen LogP contribution in [0.15, 0.2) is 42.5 Å². The fourth-order valence-corrected chi connectivity index (χ4v) is 2.01. The molecule has 0 amide bonds. The fourth-order valence-electron chi connectivity index (χ4n) is 2.01. The van der Waals surface area contributed by atoms with Crippen LogP contribution in [-0.2, 0) is 0 Å². The van der Waals surface area contributed by atoms with Crippen LogP contribution in [0, 0.1) is 5.41 Å². The van der Waals surface area contributed by atoms with Crippen LogP contribution >= 0.6 is 0 Å². The molecule has 0 spiro atoms. The van der Waals surface area contributed by atoms with Crippen molar-refractivity contribution in [1.82, 2.24) is 0 Å². The molecule has 13 heavy (non-hydrogen) atoms. The van der Waals surface area contributed by atoms with E-state index in [0.29, 0.717) is 11.3 Å². The molecule has 2 atom stereocenters. The second-order valence-corrected chi connectivity index (χ2v) is 4.37. The minimum atomic E-state index is 0.376. The SMILES string of the molecule is C=C(C)[C@]1(C)C[C@H]1c1ccccc1. The van der Waals surface area contributed by atoms with E-state index >= 15 is 0 Å². The van der Waals surface area contributed by atoms with Crippen molar-refractivity contribution >= 4 is 0 Å². The second kappa shape index (κ2) is 2.73. The van der Waals surface area contributed by atoms with E-state index in [2.05, 4.69) is 50.8 Å². The van der Waals surface area contributed by atoms with Crippen LogP contribution in [0.4, 0.5) is 0 Å². The zero-order chi connectivity index (χ0) is 9.47. The molecular formula is C13H16.